The van der Waals surface area contributed by atoms with Gasteiger partial charge in [0.05, 0.1) is 20.3 Å². The lowest BCUT2D eigenvalue weighted by Crippen LogP contribution is -2.30. The first-order valence-electron chi connectivity index (χ1n) is 11.5. The summed E-state index contributed by atoms with van der Waals surface area (Å²) >= 11 is 0. The van der Waals surface area contributed by atoms with Gasteiger partial charge in [-0.15, -0.1) is 10.2 Å². The quantitative estimate of drug-likeness (QED) is 0.449. The van der Waals surface area contributed by atoms with E-state index in [1.54, 1.807) is 32.2 Å². The Balaban J connectivity index is 1.56. The Hall–Kier alpha value is -3.88. The number of ether oxygens (including phenoxy) is 3. The van der Waals surface area contributed by atoms with Crippen molar-refractivity contribution in [2.45, 2.75) is 39.2 Å². The van der Waals surface area contributed by atoms with Crippen molar-refractivity contribution in [2.24, 2.45) is 0 Å². The number of nitrogens with zero attached hydrogens (tertiary/aromatic N) is 3. The second kappa shape index (κ2) is 12.0. The van der Waals surface area contributed by atoms with Crippen LogP contribution in [0, 0.1) is 0 Å². The van der Waals surface area contributed by atoms with Gasteiger partial charge in [-0.2, -0.15) is 0 Å². The molecule has 1 aromatic heterocycles. The third-order valence-corrected chi connectivity index (χ3v) is 5.43. The molecule has 3 aromatic rings. The number of nitrogens with one attached hydrogen (secondary N) is 1. The summed E-state index contributed by atoms with van der Waals surface area (Å²) in [7, 11) is 4.93. The number of amides is 1. The Morgan fingerprint density at radius 2 is 1.80 bits per heavy atom. The minimum Gasteiger partial charge on any atom is -0.493 e. The predicted molar refractivity (Wildman–Crippen MR) is 133 cm³/mol. The Kier molecular flexibility index (Phi) is 8.83. The summed E-state index contributed by atoms with van der Waals surface area (Å²) in [5.41, 5.74) is 1.60. The molecule has 0 atom stereocenters. The Morgan fingerprint density at radius 1 is 1.03 bits per heavy atom. The molecule has 9 nitrogen and oxygen atoms in total. The largest absolute Gasteiger partial charge is 0.493 e. The maximum absolute atomic E-state index is 12.6. The molecule has 0 aliphatic carbocycles. The third kappa shape index (κ3) is 7.05. The lowest BCUT2D eigenvalue weighted by Gasteiger charge is -2.17. The minimum absolute atomic E-state index is 0.0347. The first-order chi connectivity index (χ1) is 16.8. The van der Waals surface area contributed by atoms with E-state index in [4.69, 9.17) is 14.2 Å². The average Bonchev–Trinajstić information content (AvgIpc) is 2.85. The molecule has 9 heteroatoms. The van der Waals surface area contributed by atoms with Gasteiger partial charge in [0.2, 0.25) is 5.91 Å². The molecular formula is C26H32N4O5. The molecule has 2 aromatic carbocycles. The molecule has 0 radical (unpaired) electrons. The van der Waals surface area contributed by atoms with E-state index in [1.807, 2.05) is 50.2 Å². The molecule has 0 aliphatic heterocycles. The van der Waals surface area contributed by atoms with Gasteiger partial charge >= 0.3 is 0 Å². The number of carbonyl (C=O) groups is 1. The van der Waals surface area contributed by atoms with E-state index < -0.39 is 0 Å². The Morgan fingerprint density at radius 3 is 2.49 bits per heavy atom. The molecule has 0 saturated carbocycles. The van der Waals surface area contributed by atoms with Gasteiger partial charge in [0, 0.05) is 32.0 Å². The van der Waals surface area contributed by atoms with E-state index in [1.165, 1.54) is 0 Å². The van der Waals surface area contributed by atoms with Crippen LogP contribution in [0.3, 0.4) is 0 Å². The number of aryl methyl sites for hydroxylation is 1. The number of aromatic amines is 1. The summed E-state index contributed by atoms with van der Waals surface area (Å²) in [4.78, 5) is 29.5. The van der Waals surface area contributed by atoms with Crippen LogP contribution in [0.15, 0.2) is 47.3 Å². The van der Waals surface area contributed by atoms with Crippen molar-refractivity contribution in [3.05, 3.63) is 64.1 Å². The zero-order valence-corrected chi connectivity index (χ0v) is 20.8. The fraction of sp³-hybridized carbons (Fsp3) is 0.385. The lowest BCUT2D eigenvalue weighted by atomic mass is 10.1. The van der Waals surface area contributed by atoms with Gasteiger partial charge in [-0.1, -0.05) is 18.2 Å². The van der Waals surface area contributed by atoms with Gasteiger partial charge in [-0.05, 0) is 50.1 Å². The van der Waals surface area contributed by atoms with Gasteiger partial charge < -0.3 is 24.1 Å². The van der Waals surface area contributed by atoms with Crippen molar-refractivity contribution < 1.29 is 19.0 Å². The summed E-state index contributed by atoms with van der Waals surface area (Å²) < 4.78 is 16.3. The molecule has 0 aliphatic rings. The lowest BCUT2D eigenvalue weighted by molar-refractivity contribution is -0.129. The molecule has 0 fully saturated rings. The topological polar surface area (TPSA) is 107 Å². The molecule has 1 heterocycles. The van der Waals surface area contributed by atoms with Crippen LogP contribution in [0.25, 0.3) is 11.4 Å². The van der Waals surface area contributed by atoms with Crippen LogP contribution in [0.1, 0.15) is 31.5 Å². The number of rotatable bonds is 11. The van der Waals surface area contributed by atoms with Crippen LogP contribution in [-0.4, -0.2) is 59.9 Å². The highest BCUT2D eigenvalue weighted by Crippen LogP contribution is 2.27. The fourth-order valence-electron chi connectivity index (χ4n) is 3.52. The Bertz CT molecular complexity index is 1210. The fourth-order valence-corrected chi connectivity index (χ4v) is 3.52. The number of likely N-dealkylation sites (N-methyl/N-ethyl adjacent to an activating group) is 1. The summed E-state index contributed by atoms with van der Waals surface area (Å²) in [6.45, 7) is 4.42. The molecule has 3 rings (SSSR count). The van der Waals surface area contributed by atoms with Gasteiger partial charge in [0.15, 0.2) is 17.3 Å². The van der Waals surface area contributed by atoms with Crippen molar-refractivity contribution in [1.29, 1.82) is 0 Å². The minimum atomic E-state index is -0.356. The average molecular weight is 481 g/mol. The zero-order valence-electron chi connectivity index (χ0n) is 20.8. The van der Waals surface area contributed by atoms with Gasteiger partial charge in [-0.3, -0.25) is 9.59 Å². The number of hydrogen-bond donors (Lipinski definition) is 1. The van der Waals surface area contributed by atoms with E-state index in [0.717, 1.165) is 5.56 Å². The van der Waals surface area contributed by atoms with Crippen LogP contribution >= 0.6 is 0 Å². The summed E-state index contributed by atoms with van der Waals surface area (Å²) in [6, 6.07) is 13.0. The molecule has 1 N–H and O–H groups in total. The highest BCUT2D eigenvalue weighted by Gasteiger charge is 2.14. The van der Waals surface area contributed by atoms with Crippen LogP contribution in [0.5, 0.6) is 17.2 Å². The predicted octanol–water partition coefficient (Wildman–Crippen LogP) is 3.27. The van der Waals surface area contributed by atoms with Crippen molar-refractivity contribution in [3.8, 4) is 28.6 Å². The number of aromatic nitrogens is 3. The van der Waals surface area contributed by atoms with Crippen LogP contribution in [-0.2, 0) is 17.6 Å². The molecule has 1 amide bonds. The number of hydrogen-bond acceptors (Lipinski definition) is 7. The van der Waals surface area contributed by atoms with Crippen LogP contribution in [0.2, 0.25) is 0 Å². The highest BCUT2D eigenvalue weighted by molar-refractivity contribution is 5.76. The van der Waals surface area contributed by atoms with Crippen LogP contribution < -0.4 is 19.8 Å². The standard InChI is InChI=1S/C26H32N4O5/c1-17(2)35-20-8-6-7-19(16-20)25-27-26(32)21(28-29-25)10-12-24(31)30(3)14-13-18-9-11-22(33-4)23(15-18)34-5/h6-9,11,15-17H,10,12-14H2,1-5H3,(H,27,29,32). The van der Waals surface area contributed by atoms with E-state index in [0.29, 0.717) is 41.6 Å². The van der Waals surface area contributed by atoms with E-state index >= 15 is 0 Å². The SMILES string of the molecule is COc1ccc(CCN(C)C(=O)CCc2nnc(-c3cccc(OC(C)C)c3)[nH]c2=O)cc1OC. The van der Waals surface area contributed by atoms with E-state index in [2.05, 4.69) is 15.2 Å². The Labute approximate surface area is 205 Å². The van der Waals surface area contributed by atoms with Crippen molar-refractivity contribution >= 4 is 5.91 Å². The molecule has 0 spiro atoms. The summed E-state index contributed by atoms with van der Waals surface area (Å²) in [5.74, 6) is 2.28. The number of benzene rings is 2. The third-order valence-electron chi connectivity index (χ3n) is 5.43. The second-order valence-corrected chi connectivity index (χ2v) is 8.40. The number of carbonyl (C=O) groups excluding carboxylic acids is 1. The summed E-state index contributed by atoms with van der Waals surface area (Å²) in [5, 5.41) is 8.23. The normalized spacial score (nSPS) is 10.8. The van der Waals surface area contributed by atoms with E-state index in [-0.39, 0.29) is 36.1 Å². The smallest absolute Gasteiger partial charge is 0.273 e. The number of methoxy groups -OCH3 is 2. The molecule has 0 bridgehead atoms. The molecule has 0 saturated heterocycles. The zero-order chi connectivity index (χ0) is 25.4. The first kappa shape index (κ1) is 25.7. The molecule has 35 heavy (non-hydrogen) atoms. The summed E-state index contributed by atoms with van der Waals surface area (Å²) in [6.07, 6.45) is 1.07. The second-order valence-electron chi connectivity index (χ2n) is 8.40. The molecular weight excluding hydrogens is 448 g/mol. The van der Waals surface area contributed by atoms with Crippen molar-refractivity contribution in [3.63, 3.8) is 0 Å². The van der Waals surface area contributed by atoms with Crippen molar-refractivity contribution in [1.82, 2.24) is 20.1 Å². The molecule has 186 valence electrons. The van der Waals surface area contributed by atoms with E-state index in [9.17, 15) is 9.59 Å². The maximum atomic E-state index is 12.6. The number of H-pyrrole nitrogens is 1. The first-order valence-corrected chi connectivity index (χ1v) is 11.5. The van der Waals surface area contributed by atoms with Gasteiger partial charge in [0.25, 0.3) is 5.56 Å². The van der Waals surface area contributed by atoms with Gasteiger partial charge in [0.1, 0.15) is 11.4 Å². The maximum Gasteiger partial charge on any atom is 0.273 e. The molecule has 0 unspecified atom stereocenters. The van der Waals surface area contributed by atoms with Gasteiger partial charge in [-0.25, -0.2) is 0 Å². The highest BCUT2D eigenvalue weighted by atomic mass is 16.5. The van der Waals surface area contributed by atoms with Crippen molar-refractivity contribution in [2.75, 3.05) is 27.8 Å². The van der Waals surface area contributed by atoms with Crippen LogP contribution in [0.4, 0.5) is 0 Å². The monoisotopic (exact) mass is 480 g/mol.